The number of benzene rings is 2. The number of phenolic OH excluding ortho intramolecular Hbond substituents is 1. The molecule has 0 radical (unpaired) electrons. The lowest BCUT2D eigenvalue weighted by molar-refractivity contribution is 0.259. The molecule has 4 nitrogen and oxygen atoms in total. The fraction of sp³-hybridized carbons (Fsp3) is 0.400. The smallest absolute Gasteiger partial charge is 0.118 e. The van der Waals surface area contributed by atoms with Crippen LogP contribution in [0.2, 0.25) is 5.02 Å². The number of phenols is 1. The zero-order valence-electron chi connectivity index (χ0n) is 14.9. The van der Waals surface area contributed by atoms with Crippen LogP contribution in [0.1, 0.15) is 17.0 Å². The number of nitrogens with zero attached hydrogens (tertiary/aromatic N) is 2. The maximum absolute atomic E-state index is 9.53. The summed E-state index contributed by atoms with van der Waals surface area (Å²) < 4.78 is 5.27. The van der Waals surface area contributed by atoms with Crippen molar-refractivity contribution in [3.8, 4) is 11.5 Å². The van der Waals surface area contributed by atoms with E-state index in [1.165, 1.54) is 5.56 Å². The molecule has 134 valence electrons. The van der Waals surface area contributed by atoms with Crippen LogP contribution >= 0.6 is 11.6 Å². The molecule has 2 atom stereocenters. The van der Waals surface area contributed by atoms with Crippen LogP contribution in [-0.4, -0.2) is 55.2 Å². The summed E-state index contributed by atoms with van der Waals surface area (Å²) in [7, 11) is 5.97. The first kappa shape index (κ1) is 18.1. The lowest BCUT2D eigenvalue weighted by Gasteiger charge is -2.25. The van der Waals surface area contributed by atoms with Crippen molar-refractivity contribution in [3.05, 3.63) is 58.6 Å². The SMILES string of the molecule is COc1ccc([C@@H]2CN(Cc3ccc(O)cc3Cl)C[C@H]2N(C)C)cc1. The monoisotopic (exact) mass is 360 g/mol. The normalized spacial score (nSPS) is 21.0. The number of methoxy groups -OCH3 is 1. The standard InChI is InChI=1S/C20H25ClN2O2/c1-22(2)20-13-23(11-15-4-7-16(24)10-19(15)21)12-18(20)14-5-8-17(25-3)9-6-14/h4-10,18,20,24H,11-13H2,1-3H3/t18-,20+/m0/s1. The molecule has 0 aliphatic carbocycles. The van der Waals surface area contributed by atoms with Crippen molar-refractivity contribution in [1.82, 2.24) is 9.80 Å². The van der Waals surface area contributed by atoms with Gasteiger partial charge in [-0.3, -0.25) is 4.90 Å². The van der Waals surface area contributed by atoms with Gasteiger partial charge in [0.2, 0.25) is 0 Å². The lowest BCUT2D eigenvalue weighted by Crippen LogP contribution is -2.34. The van der Waals surface area contributed by atoms with Gasteiger partial charge in [-0.25, -0.2) is 0 Å². The summed E-state index contributed by atoms with van der Waals surface area (Å²) in [5.41, 5.74) is 2.38. The summed E-state index contributed by atoms with van der Waals surface area (Å²) in [6.45, 7) is 2.75. The first-order chi connectivity index (χ1) is 12.0. The second-order valence-corrected chi connectivity index (χ2v) is 7.29. The Labute approximate surface area is 154 Å². The summed E-state index contributed by atoms with van der Waals surface area (Å²) in [5, 5.41) is 10.2. The Bertz CT molecular complexity index is 718. The molecule has 1 fully saturated rings. The van der Waals surface area contributed by atoms with Crippen molar-refractivity contribution in [2.45, 2.75) is 18.5 Å². The number of likely N-dealkylation sites (tertiary alicyclic amines) is 1. The maximum atomic E-state index is 9.53. The Morgan fingerprint density at radius 1 is 1.16 bits per heavy atom. The molecule has 5 heteroatoms. The van der Waals surface area contributed by atoms with Crippen molar-refractivity contribution in [3.63, 3.8) is 0 Å². The molecule has 0 bridgehead atoms. The summed E-state index contributed by atoms with van der Waals surface area (Å²) >= 11 is 6.28. The average Bonchev–Trinajstić information content (AvgIpc) is 3.02. The minimum Gasteiger partial charge on any atom is -0.508 e. The van der Waals surface area contributed by atoms with Gasteiger partial charge in [-0.05, 0) is 49.5 Å². The van der Waals surface area contributed by atoms with Gasteiger partial charge in [0.25, 0.3) is 0 Å². The van der Waals surface area contributed by atoms with Crippen molar-refractivity contribution in [2.24, 2.45) is 0 Å². The van der Waals surface area contributed by atoms with Gasteiger partial charge in [-0.1, -0.05) is 29.8 Å². The van der Waals surface area contributed by atoms with E-state index >= 15 is 0 Å². The average molecular weight is 361 g/mol. The Balaban J connectivity index is 1.77. The van der Waals surface area contributed by atoms with Gasteiger partial charge >= 0.3 is 0 Å². The molecule has 0 aromatic heterocycles. The van der Waals surface area contributed by atoms with E-state index in [1.807, 2.05) is 18.2 Å². The van der Waals surface area contributed by atoms with Crippen LogP contribution in [0.25, 0.3) is 0 Å². The molecule has 3 rings (SSSR count). The first-order valence-corrected chi connectivity index (χ1v) is 8.86. The van der Waals surface area contributed by atoms with Crippen LogP contribution < -0.4 is 4.74 Å². The summed E-state index contributed by atoms with van der Waals surface area (Å²) in [6.07, 6.45) is 0. The van der Waals surface area contributed by atoms with Gasteiger partial charge < -0.3 is 14.7 Å². The van der Waals surface area contributed by atoms with Crippen LogP contribution in [-0.2, 0) is 6.54 Å². The van der Waals surface area contributed by atoms with E-state index in [4.69, 9.17) is 16.3 Å². The molecule has 2 aromatic carbocycles. The Hall–Kier alpha value is -1.75. The molecule has 1 saturated heterocycles. The first-order valence-electron chi connectivity index (χ1n) is 8.48. The molecule has 0 unspecified atom stereocenters. The highest BCUT2D eigenvalue weighted by molar-refractivity contribution is 6.31. The van der Waals surface area contributed by atoms with Crippen LogP contribution in [0.3, 0.4) is 0 Å². The molecule has 0 amide bonds. The van der Waals surface area contributed by atoms with E-state index in [1.54, 1.807) is 19.2 Å². The van der Waals surface area contributed by atoms with Gasteiger partial charge in [-0.2, -0.15) is 0 Å². The van der Waals surface area contributed by atoms with Crippen LogP contribution in [0, 0.1) is 0 Å². The molecule has 1 heterocycles. The van der Waals surface area contributed by atoms with Gasteiger partial charge in [0.05, 0.1) is 7.11 Å². The molecule has 0 saturated carbocycles. The highest BCUT2D eigenvalue weighted by Gasteiger charge is 2.35. The third kappa shape index (κ3) is 4.09. The molecular formula is C20H25ClN2O2. The summed E-state index contributed by atoms with van der Waals surface area (Å²) in [6, 6.07) is 14.0. The van der Waals surface area contributed by atoms with Crippen molar-refractivity contribution in [1.29, 1.82) is 0 Å². The van der Waals surface area contributed by atoms with Crippen LogP contribution in [0.4, 0.5) is 0 Å². The molecule has 1 N–H and O–H groups in total. The fourth-order valence-electron chi connectivity index (χ4n) is 3.60. The van der Waals surface area contributed by atoms with E-state index in [-0.39, 0.29) is 5.75 Å². The maximum Gasteiger partial charge on any atom is 0.118 e. The lowest BCUT2D eigenvalue weighted by atomic mass is 9.93. The zero-order chi connectivity index (χ0) is 18.0. The molecule has 0 spiro atoms. The van der Waals surface area contributed by atoms with E-state index < -0.39 is 0 Å². The summed E-state index contributed by atoms with van der Waals surface area (Å²) in [5.74, 6) is 1.53. The quantitative estimate of drug-likeness (QED) is 0.884. The van der Waals surface area contributed by atoms with Gasteiger partial charge in [0, 0.05) is 36.6 Å². The number of aromatic hydroxyl groups is 1. The van der Waals surface area contributed by atoms with E-state index in [0.29, 0.717) is 17.0 Å². The van der Waals surface area contributed by atoms with E-state index in [0.717, 1.165) is 30.9 Å². The Morgan fingerprint density at radius 3 is 2.48 bits per heavy atom. The van der Waals surface area contributed by atoms with Crippen molar-refractivity contribution >= 4 is 11.6 Å². The number of halogens is 1. The molecule has 1 aliphatic heterocycles. The largest absolute Gasteiger partial charge is 0.508 e. The van der Waals surface area contributed by atoms with Crippen LogP contribution in [0.15, 0.2) is 42.5 Å². The summed E-state index contributed by atoms with van der Waals surface area (Å²) in [4.78, 5) is 4.73. The van der Waals surface area contributed by atoms with Crippen LogP contribution in [0.5, 0.6) is 11.5 Å². The predicted molar refractivity (Wildman–Crippen MR) is 102 cm³/mol. The second kappa shape index (κ2) is 7.65. The highest BCUT2D eigenvalue weighted by atomic mass is 35.5. The minimum atomic E-state index is 0.206. The third-order valence-electron chi connectivity index (χ3n) is 5.00. The minimum absolute atomic E-state index is 0.206. The zero-order valence-corrected chi connectivity index (χ0v) is 15.7. The van der Waals surface area contributed by atoms with Crippen molar-refractivity contribution < 1.29 is 9.84 Å². The molecule has 2 aromatic rings. The van der Waals surface area contributed by atoms with Gasteiger partial charge in [-0.15, -0.1) is 0 Å². The molecular weight excluding hydrogens is 336 g/mol. The molecule has 1 aliphatic rings. The van der Waals surface area contributed by atoms with E-state index in [9.17, 15) is 5.11 Å². The molecule has 25 heavy (non-hydrogen) atoms. The topological polar surface area (TPSA) is 35.9 Å². The van der Waals surface area contributed by atoms with Gasteiger partial charge in [0.1, 0.15) is 11.5 Å². The fourth-order valence-corrected chi connectivity index (χ4v) is 3.84. The number of ether oxygens (including phenoxy) is 1. The Kier molecular flexibility index (Phi) is 5.52. The highest BCUT2D eigenvalue weighted by Crippen LogP contribution is 2.33. The van der Waals surface area contributed by atoms with E-state index in [2.05, 4.69) is 36.0 Å². The number of rotatable bonds is 5. The number of hydrogen-bond donors (Lipinski definition) is 1. The van der Waals surface area contributed by atoms with Crippen molar-refractivity contribution in [2.75, 3.05) is 34.3 Å². The predicted octanol–water partition coefficient (Wildman–Crippen LogP) is 3.58. The second-order valence-electron chi connectivity index (χ2n) is 6.88. The van der Waals surface area contributed by atoms with Gasteiger partial charge in [0.15, 0.2) is 0 Å². The Morgan fingerprint density at radius 2 is 1.88 bits per heavy atom. The number of hydrogen-bond acceptors (Lipinski definition) is 4. The number of likely N-dealkylation sites (N-methyl/N-ethyl adjacent to an activating group) is 1. The third-order valence-corrected chi connectivity index (χ3v) is 5.35.